The highest BCUT2D eigenvalue weighted by atomic mass is 32.2. The molecule has 3 N–H and O–H groups in total. The summed E-state index contributed by atoms with van der Waals surface area (Å²) in [5, 5.41) is 0.625. The highest BCUT2D eigenvalue weighted by Crippen LogP contribution is 2.37. The van der Waals surface area contributed by atoms with E-state index in [1.165, 1.54) is 24.2 Å². The van der Waals surface area contributed by atoms with E-state index in [4.69, 9.17) is 5.84 Å². The quantitative estimate of drug-likeness (QED) is 0.509. The van der Waals surface area contributed by atoms with Gasteiger partial charge in [-0.2, -0.15) is 13.2 Å². The molecule has 1 heterocycles. The van der Waals surface area contributed by atoms with Crippen molar-refractivity contribution in [2.75, 3.05) is 5.43 Å². The van der Waals surface area contributed by atoms with E-state index in [1.807, 2.05) is 0 Å². The van der Waals surface area contributed by atoms with E-state index in [9.17, 15) is 13.2 Å². The molecule has 0 saturated heterocycles. The van der Waals surface area contributed by atoms with Crippen LogP contribution in [0.1, 0.15) is 38.4 Å². The predicted molar refractivity (Wildman–Crippen MR) is 72.1 cm³/mol. The molecule has 1 aliphatic rings. The second-order valence-corrected chi connectivity index (χ2v) is 6.39. The lowest BCUT2D eigenvalue weighted by atomic mass is 9.91. The summed E-state index contributed by atoms with van der Waals surface area (Å²) in [5.41, 5.74) is 2.16. The average Bonchev–Trinajstić information content (AvgIpc) is 2.37. The molecule has 0 aliphatic heterocycles. The van der Waals surface area contributed by atoms with Crippen LogP contribution in [0.3, 0.4) is 0 Å². The number of halogens is 3. The lowest BCUT2D eigenvalue weighted by Crippen LogP contribution is -2.18. The molecular formula is C12H17F3N4S. The van der Waals surface area contributed by atoms with E-state index < -0.39 is 12.0 Å². The van der Waals surface area contributed by atoms with Gasteiger partial charge in [-0.15, -0.1) is 11.8 Å². The van der Waals surface area contributed by atoms with E-state index >= 15 is 0 Å². The molecule has 1 aliphatic carbocycles. The van der Waals surface area contributed by atoms with Crippen molar-refractivity contribution in [1.29, 1.82) is 0 Å². The molecule has 0 amide bonds. The zero-order valence-corrected chi connectivity index (χ0v) is 11.9. The van der Waals surface area contributed by atoms with Crippen LogP contribution in [0.25, 0.3) is 0 Å². The largest absolute Gasteiger partial charge is 0.451 e. The fourth-order valence-corrected chi connectivity index (χ4v) is 3.71. The van der Waals surface area contributed by atoms with Gasteiger partial charge in [0.25, 0.3) is 0 Å². The van der Waals surface area contributed by atoms with Crippen molar-refractivity contribution in [1.82, 2.24) is 9.97 Å². The Kier molecular flexibility index (Phi) is 4.74. The van der Waals surface area contributed by atoms with Crippen molar-refractivity contribution in [3.63, 3.8) is 0 Å². The Labute approximate surface area is 119 Å². The van der Waals surface area contributed by atoms with Crippen molar-refractivity contribution in [3.05, 3.63) is 11.9 Å². The van der Waals surface area contributed by atoms with Crippen LogP contribution in [-0.2, 0) is 6.18 Å². The maximum atomic E-state index is 12.7. The van der Waals surface area contributed by atoms with Crippen LogP contribution in [0.4, 0.5) is 19.0 Å². The topological polar surface area (TPSA) is 63.8 Å². The molecule has 0 bridgehead atoms. The van der Waals surface area contributed by atoms with Gasteiger partial charge in [-0.25, -0.2) is 15.8 Å². The van der Waals surface area contributed by atoms with Gasteiger partial charge in [0.05, 0.1) is 0 Å². The molecule has 1 aromatic rings. The minimum absolute atomic E-state index is 0.0151. The third-order valence-electron chi connectivity index (χ3n) is 3.28. The van der Waals surface area contributed by atoms with E-state index in [0.717, 1.165) is 19.3 Å². The summed E-state index contributed by atoms with van der Waals surface area (Å²) >= 11 is 1.38. The number of hydrogen-bond acceptors (Lipinski definition) is 5. The molecule has 4 nitrogen and oxygen atoms in total. The molecule has 1 aromatic heterocycles. The normalized spacial score (nSPS) is 23.6. The van der Waals surface area contributed by atoms with Crippen LogP contribution in [0.2, 0.25) is 0 Å². The molecule has 1 fully saturated rings. The van der Waals surface area contributed by atoms with Crippen molar-refractivity contribution in [2.45, 2.75) is 49.1 Å². The first-order valence-corrected chi connectivity index (χ1v) is 7.36. The fraction of sp³-hybridized carbons (Fsp3) is 0.667. The smallest absolute Gasteiger partial charge is 0.308 e. The van der Waals surface area contributed by atoms with Gasteiger partial charge in [0.1, 0.15) is 10.8 Å². The summed E-state index contributed by atoms with van der Waals surface area (Å²) in [5.74, 6) is 4.61. The third-order valence-corrected chi connectivity index (χ3v) is 4.49. The van der Waals surface area contributed by atoms with Crippen LogP contribution < -0.4 is 11.3 Å². The monoisotopic (exact) mass is 306 g/mol. The molecule has 20 heavy (non-hydrogen) atoms. The summed E-state index contributed by atoms with van der Waals surface area (Å²) < 4.78 is 38.2. The number of nitrogens with two attached hydrogens (primary N) is 1. The lowest BCUT2D eigenvalue weighted by Gasteiger charge is -2.26. The maximum absolute atomic E-state index is 12.7. The SMILES string of the molecule is CC1CCCC(Sc2cc(NN)nc(C(F)(F)F)n2)C1. The van der Waals surface area contributed by atoms with Gasteiger partial charge >= 0.3 is 6.18 Å². The number of hydrazine groups is 1. The molecule has 2 rings (SSSR count). The van der Waals surface area contributed by atoms with Crippen LogP contribution in [-0.4, -0.2) is 15.2 Å². The Morgan fingerprint density at radius 1 is 1.35 bits per heavy atom. The minimum Gasteiger partial charge on any atom is -0.308 e. The molecule has 0 radical (unpaired) electrons. The first-order chi connectivity index (χ1) is 9.38. The van der Waals surface area contributed by atoms with E-state index in [-0.39, 0.29) is 5.82 Å². The molecule has 112 valence electrons. The Morgan fingerprint density at radius 2 is 2.10 bits per heavy atom. The molecule has 8 heteroatoms. The van der Waals surface area contributed by atoms with Gasteiger partial charge in [-0.05, 0) is 18.8 Å². The van der Waals surface area contributed by atoms with E-state index in [0.29, 0.717) is 16.2 Å². The number of aromatic nitrogens is 2. The molecular weight excluding hydrogens is 289 g/mol. The number of nitrogen functional groups attached to an aromatic ring is 1. The molecule has 2 atom stereocenters. The Morgan fingerprint density at radius 3 is 2.70 bits per heavy atom. The highest BCUT2D eigenvalue weighted by Gasteiger charge is 2.35. The van der Waals surface area contributed by atoms with Gasteiger partial charge in [0.15, 0.2) is 0 Å². The number of anilines is 1. The average molecular weight is 306 g/mol. The molecule has 2 unspecified atom stereocenters. The number of rotatable bonds is 3. The van der Waals surface area contributed by atoms with Crippen LogP contribution in [0.15, 0.2) is 11.1 Å². The number of nitrogens with zero attached hydrogens (tertiary/aromatic N) is 2. The van der Waals surface area contributed by atoms with Gasteiger partial charge in [-0.3, -0.25) is 0 Å². The van der Waals surface area contributed by atoms with Crippen molar-refractivity contribution >= 4 is 17.6 Å². The fourth-order valence-electron chi connectivity index (χ4n) is 2.34. The Bertz CT molecular complexity index is 467. The van der Waals surface area contributed by atoms with Crippen LogP contribution >= 0.6 is 11.8 Å². The zero-order chi connectivity index (χ0) is 14.8. The molecule has 0 spiro atoms. The second kappa shape index (κ2) is 6.17. The summed E-state index contributed by atoms with van der Waals surface area (Å²) in [6.45, 7) is 2.17. The van der Waals surface area contributed by atoms with E-state index in [1.54, 1.807) is 0 Å². The number of nitrogens with one attached hydrogen (secondary N) is 1. The van der Waals surface area contributed by atoms with Crippen molar-refractivity contribution < 1.29 is 13.2 Å². The Balaban J connectivity index is 2.18. The molecule has 1 saturated carbocycles. The van der Waals surface area contributed by atoms with Crippen molar-refractivity contribution in [3.8, 4) is 0 Å². The number of hydrogen-bond donors (Lipinski definition) is 2. The van der Waals surface area contributed by atoms with Gasteiger partial charge < -0.3 is 5.43 Å². The maximum Gasteiger partial charge on any atom is 0.451 e. The predicted octanol–water partition coefficient (Wildman–Crippen LogP) is 3.45. The summed E-state index contributed by atoms with van der Waals surface area (Å²) in [6.07, 6.45) is -0.266. The lowest BCUT2D eigenvalue weighted by molar-refractivity contribution is -0.145. The summed E-state index contributed by atoms with van der Waals surface area (Å²) in [7, 11) is 0. The minimum atomic E-state index is -4.57. The zero-order valence-electron chi connectivity index (χ0n) is 11.1. The standard InChI is InChI=1S/C12H17F3N4S/c1-7-3-2-4-8(5-7)20-10-6-9(19-16)17-11(18-10)12(13,14)15/h6-8H,2-5,16H2,1H3,(H,17,18,19). The van der Waals surface area contributed by atoms with Gasteiger partial charge in [-0.1, -0.05) is 19.8 Å². The van der Waals surface area contributed by atoms with Gasteiger partial charge in [0, 0.05) is 11.3 Å². The Hall–Kier alpha value is -1.02. The summed E-state index contributed by atoms with van der Waals surface area (Å²) in [6, 6.07) is 1.46. The van der Waals surface area contributed by atoms with E-state index in [2.05, 4.69) is 22.3 Å². The van der Waals surface area contributed by atoms with Gasteiger partial charge in [0.2, 0.25) is 5.82 Å². The number of thioether (sulfide) groups is 1. The highest BCUT2D eigenvalue weighted by molar-refractivity contribution is 7.99. The summed E-state index contributed by atoms with van der Waals surface area (Å²) in [4.78, 5) is 6.95. The number of alkyl halides is 3. The third kappa shape index (κ3) is 3.99. The molecule has 0 aromatic carbocycles. The van der Waals surface area contributed by atoms with Crippen LogP contribution in [0, 0.1) is 5.92 Å². The first-order valence-electron chi connectivity index (χ1n) is 6.48. The van der Waals surface area contributed by atoms with Crippen LogP contribution in [0.5, 0.6) is 0 Å². The second-order valence-electron chi connectivity index (χ2n) is 5.07. The first kappa shape index (κ1) is 15.4. The van der Waals surface area contributed by atoms with Crippen molar-refractivity contribution in [2.24, 2.45) is 11.8 Å².